The van der Waals surface area contributed by atoms with Gasteiger partial charge in [0.15, 0.2) is 0 Å². The van der Waals surface area contributed by atoms with E-state index in [4.69, 9.17) is 16.3 Å². The van der Waals surface area contributed by atoms with E-state index in [1.165, 1.54) is 12.1 Å². The fourth-order valence-corrected chi connectivity index (χ4v) is 7.03. The minimum absolute atomic E-state index is 0.256. The van der Waals surface area contributed by atoms with Gasteiger partial charge in [0.05, 0.1) is 23.1 Å². The van der Waals surface area contributed by atoms with Crippen LogP contribution in [0.4, 0.5) is 10.1 Å². The highest BCUT2D eigenvalue weighted by Crippen LogP contribution is 2.47. The second-order valence-corrected chi connectivity index (χ2v) is 11.3. The van der Waals surface area contributed by atoms with Crippen LogP contribution in [0, 0.1) is 5.82 Å². The summed E-state index contributed by atoms with van der Waals surface area (Å²) >= 11 is 9.50. The summed E-state index contributed by atoms with van der Waals surface area (Å²) in [5.41, 5.74) is 2.01. The van der Waals surface area contributed by atoms with E-state index in [0.29, 0.717) is 16.5 Å². The molecule has 5 atom stereocenters. The first kappa shape index (κ1) is 26.1. The molecular weight excluding hydrogens is 495 g/mol. The Hall–Kier alpha value is -1.00. The van der Waals surface area contributed by atoms with Gasteiger partial charge in [-0.2, -0.15) is 11.8 Å². The highest BCUT2D eigenvalue weighted by Gasteiger charge is 2.49. The number of likely N-dealkylation sites (N-methyl/N-ethyl adjacent to an activating group) is 1. The van der Waals surface area contributed by atoms with Crippen molar-refractivity contribution in [1.29, 1.82) is 0 Å². The topological polar surface area (TPSA) is 56.2 Å². The lowest BCUT2D eigenvalue weighted by atomic mass is 9.99. The molecule has 0 saturated carbocycles. The van der Waals surface area contributed by atoms with Crippen molar-refractivity contribution in [1.82, 2.24) is 4.90 Å². The van der Waals surface area contributed by atoms with Crippen molar-refractivity contribution in [2.45, 2.75) is 54.3 Å². The number of ether oxygens (including phenoxy) is 1. The Bertz CT molecular complexity index is 950. The Morgan fingerprint density at radius 2 is 1.85 bits per heavy atom. The SMILES string of the molecule is CCN(CC)CCN1c2cc(Cl)ccc2S[C@H]2[C@@H](O)[C@H](O)[C@@H](CSCc3ccc(F)cc3)O[C@H]21. The number of halogens is 2. The van der Waals surface area contributed by atoms with Gasteiger partial charge in [-0.1, -0.05) is 37.6 Å². The van der Waals surface area contributed by atoms with Crippen molar-refractivity contribution in [3.8, 4) is 0 Å². The smallest absolute Gasteiger partial charge is 0.145 e. The predicted molar refractivity (Wildman–Crippen MR) is 139 cm³/mol. The molecule has 2 aromatic carbocycles. The van der Waals surface area contributed by atoms with E-state index in [0.717, 1.165) is 42.3 Å². The fraction of sp³-hybridized carbons (Fsp3) is 0.520. The summed E-state index contributed by atoms with van der Waals surface area (Å²) in [6.07, 6.45) is -2.78. The van der Waals surface area contributed by atoms with Crippen molar-refractivity contribution in [3.63, 3.8) is 0 Å². The third-order valence-electron chi connectivity index (χ3n) is 6.48. The van der Waals surface area contributed by atoms with Gasteiger partial charge in [-0.05, 0) is 49.0 Å². The molecule has 2 N–H and O–H groups in total. The normalized spacial score (nSPS) is 26.4. The van der Waals surface area contributed by atoms with E-state index in [-0.39, 0.29) is 17.3 Å². The number of hydrogen-bond donors (Lipinski definition) is 2. The molecule has 186 valence electrons. The summed E-state index contributed by atoms with van der Waals surface area (Å²) in [5.74, 6) is 0.944. The summed E-state index contributed by atoms with van der Waals surface area (Å²) in [7, 11) is 0. The van der Waals surface area contributed by atoms with Gasteiger partial charge in [-0.15, -0.1) is 11.8 Å². The molecule has 2 aliphatic heterocycles. The number of benzene rings is 2. The van der Waals surface area contributed by atoms with Crippen LogP contribution < -0.4 is 4.90 Å². The standard InChI is InChI=1S/C25H32ClFN2O3S2/c1-3-28(4-2)11-12-29-19-13-17(26)7-10-21(19)34-24-23(31)22(30)20(32-25(24)29)15-33-14-16-5-8-18(27)9-6-16/h5-10,13,20,22-25,30-31H,3-4,11-12,14-15H2,1-2H3/t20-,22-,23+,24+,25-/m1/s1. The molecule has 9 heteroatoms. The van der Waals surface area contributed by atoms with Crippen LogP contribution in [0.25, 0.3) is 0 Å². The Morgan fingerprint density at radius 1 is 1.12 bits per heavy atom. The molecule has 0 bridgehead atoms. The summed E-state index contributed by atoms with van der Waals surface area (Å²) in [4.78, 5) is 5.59. The van der Waals surface area contributed by atoms with Gasteiger partial charge in [-0.3, -0.25) is 0 Å². The van der Waals surface area contributed by atoms with Crippen molar-refractivity contribution in [2.24, 2.45) is 0 Å². The number of rotatable bonds is 9. The lowest BCUT2D eigenvalue weighted by Gasteiger charge is -2.50. The largest absolute Gasteiger partial charge is 0.389 e. The van der Waals surface area contributed by atoms with Gasteiger partial charge in [0.25, 0.3) is 0 Å². The van der Waals surface area contributed by atoms with E-state index >= 15 is 0 Å². The first-order chi connectivity index (χ1) is 16.4. The second kappa shape index (κ2) is 11.8. The number of aliphatic hydroxyl groups excluding tert-OH is 2. The fourth-order valence-electron chi connectivity index (χ4n) is 4.45. The Kier molecular flexibility index (Phi) is 9.07. The van der Waals surface area contributed by atoms with Crippen LogP contribution >= 0.6 is 35.1 Å². The van der Waals surface area contributed by atoms with Crippen LogP contribution in [0.3, 0.4) is 0 Å². The molecule has 1 fully saturated rings. The van der Waals surface area contributed by atoms with Crippen molar-refractivity contribution < 1.29 is 19.3 Å². The minimum Gasteiger partial charge on any atom is -0.389 e. The minimum atomic E-state index is -0.979. The third kappa shape index (κ3) is 5.86. The van der Waals surface area contributed by atoms with Crippen molar-refractivity contribution in [3.05, 3.63) is 58.9 Å². The molecule has 0 spiro atoms. The number of nitrogens with zero attached hydrogens (tertiary/aromatic N) is 2. The number of anilines is 1. The quantitative estimate of drug-likeness (QED) is 0.499. The van der Waals surface area contributed by atoms with E-state index < -0.39 is 18.3 Å². The maximum Gasteiger partial charge on any atom is 0.145 e. The van der Waals surface area contributed by atoms with Gasteiger partial charge in [0.2, 0.25) is 0 Å². The number of aliphatic hydroxyl groups is 2. The maximum absolute atomic E-state index is 13.2. The van der Waals surface area contributed by atoms with E-state index in [1.54, 1.807) is 35.7 Å². The van der Waals surface area contributed by atoms with Crippen LogP contribution in [-0.2, 0) is 10.5 Å². The first-order valence-corrected chi connectivity index (χ1v) is 14.1. The van der Waals surface area contributed by atoms with Gasteiger partial charge >= 0.3 is 0 Å². The zero-order chi connectivity index (χ0) is 24.2. The molecule has 0 amide bonds. The van der Waals surface area contributed by atoms with Crippen LogP contribution in [-0.4, -0.2) is 76.8 Å². The number of fused-ring (bicyclic) bond motifs is 2. The van der Waals surface area contributed by atoms with Crippen molar-refractivity contribution in [2.75, 3.05) is 36.8 Å². The molecule has 2 aromatic rings. The van der Waals surface area contributed by atoms with Gasteiger partial charge in [0.1, 0.15) is 18.1 Å². The summed E-state index contributed by atoms with van der Waals surface area (Å²) < 4.78 is 19.7. The molecule has 0 radical (unpaired) electrons. The summed E-state index contributed by atoms with van der Waals surface area (Å²) in [6, 6.07) is 12.2. The Balaban J connectivity index is 1.51. The maximum atomic E-state index is 13.2. The van der Waals surface area contributed by atoms with Crippen LogP contribution in [0.15, 0.2) is 47.4 Å². The molecule has 4 rings (SSSR count). The average molecular weight is 527 g/mol. The van der Waals surface area contributed by atoms with Gasteiger partial charge in [0, 0.05) is 34.5 Å². The second-order valence-electron chi connectivity index (χ2n) is 8.60. The summed E-state index contributed by atoms with van der Waals surface area (Å²) in [6.45, 7) is 7.80. The summed E-state index contributed by atoms with van der Waals surface area (Å²) in [5, 5.41) is 22.3. The zero-order valence-corrected chi connectivity index (χ0v) is 21.8. The molecule has 1 saturated heterocycles. The third-order valence-corrected chi connectivity index (χ3v) is 9.20. The molecule has 2 heterocycles. The van der Waals surface area contributed by atoms with Crippen LogP contribution in [0.5, 0.6) is 0 Å². The highest BCUT2D eigenvalue weighted by atomic mass is 35.5. The monoisotopic (exact) mass is 526 g/mol. The Labute approximate surface area is 214 Å². The Morgan fingerprint density at radius 3 is 2.56 bits per heavy atom. The van der Waals surface area contributed by atoms with E-state index in [2.05, 4.69) is 23.6 Å². The van der Waals surface area contributed by atoms with Crippen molar-refractivity contribution >= 4 is 40.8 Å². The molecule has 34 heavy (non-hydrogen) atoms. The average Bonchev–Trinajstić information content (AvgIpc) is 2.84. The molecule has 0 aliphatic carbocycles. The van der Waals surface area contributed by atoms with Gasteiger partial charge in [-0.25, -0.2) is 4.39 Å². The van der Waals surface area contributed by atoms with Crippen LogP contribution in [0.2, 0.25) is 5.02 Å². The molecule has 2 aliphatic rings. The first-order valence-electron chi connectivity index (χ1n) is 11.7. The highest BCUT2D eigenvalue weighted by molar-refractivity contribution is 8.00. The van der Waals surface area contributed by atoms with Crippen LogP contribution in [0.1, 0.15) is 19.4 Å². The lowest BCUT2D eigenvalue weighted by Crippen LogP contribution is -2.63. The molecule has 0 unspecified atom stereocenters. The zero-order valence-electron chi connectivity index (χ0n) is 19.4. The molecule has 0 aromatic heterocycles. The van der Waals surface area contributed by atoms with E-state index in [1.807, 2.05) is 18.2 Å². The predicted octanol–water partition coefficient (Wildman–Crippen LogP) is 4.48. The van der Waals surface area contributed by atoms with E-state index in [9.17, 15) is 14.6 Å². The number of hydrogen-bond acceptors (Lipinski definition) is 7. The molecule has 5 nitrogen and oxygen atoms in total. The van der Waals surface area contributed by atoms with Gasteiger partial charge < -0.3 is 24.7 Å². The lowest BCUT2D eigenvalue weighted by molar-refractivity contribution is -0.155. The molecular formula is C25H32ClFN2O3S2. The number of thioether (sulfide) groups is 2.